The lowest BCUT2D eigenvalue weighted by atomic mass is 9.83. The lowest BCUT2D eigenvalue weighted by Crippen LogP contribution is -2.49. The molecule has 1 atom stereocenters. The predicted molar refractivity (Wildman–Crippen MR) is 71.6 cm³/mol. The number of rotatable bonds is 4. The molecule has 2 N–H and O–H groups in total. The number of nitrogens with two attached hydrogens (primary N) is 1. The summed E-state index contributed by atoms with van der Waals surface area (Å²) in [5.74, 6) is 1.05. The van der Waals surface area contributed by atoms with E-state index in [4.69, 9.17) is 5.73 Å². The number of hydrogen-bond donors (Lipinski definition) is 1. The molecule has 100 valence electrons. The Morgan fingerprint density at radius 1 is 1.35 bits per heavy atom. The van der Waals surface area contributed by atoms with Crippen LogP contribution in [0.25, 0.3) is 0 Å². The highest BCUT2D eigenvalue weighted by molar-refractivity contribution is 5.82. The molecular formula is C14H28N2O. The number of amides is 1. The van der Waals surface area contributed by atoms with Gasteiger partial charge in [-0.1, -0.05) is 13.8 Å². The molecule has 0 saturated heterocycles. The summed E-state index contributed by atoms with van der Waals surface area (Å²) in [5.41, 5.74) is 5.38. The second-order valence-electron chi connectivity index (χ2n) is 5.95. The molecule has 0 aromatic carbocycles. The molecule has 0 bridgehead atoms. The second kappa shape index (κ2) is 5.85. The van der Waals surface area contributed by atoms with Crippen molar-refractivity contribution in [3.8, 4) is 0 Å². The number of carbonyl (C=O) groups excluding carboxylic acids is 1. The summed E-state index contributed by atoms with van der Waals surface area (Å²) in [7, 11) is 1.95. The first kappa shape index (κ1) is 14.5. The van der Waals surface area contributed by atoms with Gasteiger partial charge < -0.3 is 10.6 Å². The van der Waals surface area contributed by atoms with E-state index >= 15 is 0 Å². The van der Waals surface area contributed by atoms with Gasteiger partial charge in [-0.2, -0.15) is 0 Å². The zero-order valence-corrected chi connectivity index (χ0v) is 11.8. The van der Waals surface area contributed by atoms with Crippen LogP contribution in [-0.4, -0.2) is 30.4 Å². The summed E-state index contributed by atoms with van der Waals surface area (Å²) < 4.78 is 0. The molecule has 0 spiro atoms. The maximum atomic E-state index is 12.5. The fourth-order valence-corrected chi connectivity index (χ4v) is 2.60. The maximum absolute atomic E-state index is 12.5. The van der Waals surface area contributed by atoms with Crippen LogP contribution in [0, 0.1) is 11.3 Å². The molecule has 3 heteroatoms. The molecule has 1 aliphatic carbocycles. The van der Waals surface area contributed by atoms with Crippen LogP contribution in [0.15, 0.2) is 0 Å². The van der Waals surface area contributed by atoms with Crippen LogP contribution < -0.4 is 5.73 Å². The minimum absolute atomic E-state index is 0.224. The second-order valence-corrected chi connectivity index (χ2v) is 5.95. The Labute approximate surface area is 106 Å². The van der Waals surface area contributed by atoms with Crippen molar-refractivity contribution < 1.29 is 4.79 Å². The van der Waals surface area contributed by atoms with Crippen LogP contribution in [0.3, 0.4) is 0 Å². The molecular weight excluding hydrogens is 212 g/mol. The molecule has 1 aliphatic rings. The van der Waals surface area contributed by atoms with Crippen molar-refractivity contribution in [1.29, 1.82) is 0 Å². The third-order valence-corrected chi connectivity index (χ3v) is 4.60. The predicted octanol–water partition coefficient (Wildman–Crippen LogP) is 2.40. The number of nitrogens with zero attached hydrogens (tertiary/aromatic N) is 1. The van der Waals surface area contributed by atoms with Crippen molar-refractivity contribution in [3.63, 3.8) is 0 Å². The molecule has 1 fully saturated rings. The molecule has 3 nitrogen and oxygen atoms in total. The summed E-state index contributed by atoms with van der Waals surface area (Å²) in [6.45, 7) is 6.77. The van der Waals surface area contributed by atoms with Crippen LogP contribution in [0.5, 0.6) is 0 Å². The van der Waals surface area contributed by atoms with E-state index in [0.717, 1.165) is 25.2 Å². The topological polar surface area (TPSA) is 46.3 Å². The van der Waals surface area contributed by atoms with E-state index in [2.05, 4.69) is 6.92 Å². The SMILES string of the molecule is CCC(C)(CN)C(=O)N(C)C1CCC(C)CC1. The molecule has 1 saturated carbocycles. The third-order valence-electron chi connectivity index (χ3n) is 4.60. The average Bonchev–Trinajstić information content (AvgIpc) is 2.37. The van der Waals surface area contributed by atoms with Gasteiger partial charge in [0.1, 0.15) is 0 Å². The first-order chi connectivity index (χ1) is 7.94. The summed E-state index contributed by atoms with van der Waals surface area (Å²) in [6, 6.07) is 0.427. The third kappa shape index (κ3) is 3.21. The number of hydrogen-bond acceptors (Lipinski definition) is 2. The fourth-order valence-electron chi connectivity index (χ4n) is 2.60. The van der Waals surface area contributed by atoms with Gasteiger partial charge in [-0.25, -0.2) is 0 Å². The maximum Gasteiger partial charge on any atom is 0.229 e. The Hall–Kier alpha value is -0.570. The molecule has 0 aliphatic heterocycles. The van der Waals surface area contributed by atoms with E-state index in [9.17, 15) is 4.79 Å². The van der Waals surface area contributed by atoms with Crippen molar-refractivity contribution in [2.75, 3.05) is 13.6 Å². The highest BCUT2D eigenvalue weighted by atomic mass is 16.2. The lowest BCUT2D eigenvalue weighted by molar-refractivity contribution is -0.142. The standard InChI is InChI=1S/C14H28N2O/c1-5-14(3,10-15)13(17)16(4)12-8-6-11(2)7-9-12/h11-12H,5-10,15H2,1-4H3. The Kier molecular flexibility index (Phi) is 4.99. The smallest absolute Gasteiger partial charge is 0.229 e. The molecule has 0 radical (unpaired) electrons. The zero-order chi connectivity index (χ0) is 13.1. The molecule has 0 heterocycles. The quantitative estimate of drug-likeness (QED) is 0.820. The Balaban J connectivity index is 2.63. The van der Waals surface area contributed by atoms with Crippen molar-refractivity contribution in [1.82, 2.24) is 4.90 Å². The normalized spacial score (nSPS) is 28.5. The fraction of sp³-hybridized carbons (Fsp3) is 0.929. The van der Waals surface area contributed by atoms with Gasteiger partial charge in [-0.3, -0.25) is 4.79 Å². The van der Waals surface area contributed by atoms with E-state index in [0.29, 0.717) is 12.6 Å². The van der Waals surface area contributed by atoms with Crippen molar-refractivity contribution in [2.24, 2.45) is 17.1 Å². The van der Waals surface area contributed by atoms with Gasteiger partial charge in [-0.15, -0.1) is 0 Å². The van der Waals surface area contributed by atoms with Crippen molar-refractivity contribution in [2.45, 2.75) is 58.9 Å². The van der Waals surface area contributed by atoms with E-state index in [-0.39, 0.29) is 11.3 Å². The van der Waals surface area contributed by atoms with Gasteiger partial charge in [0.25, 0.3) is 0 Å². The van der Waals surface area contributed by atoms with Gasteiger partial charge >= 0.3 is 0 Å². The highest BCUT2D eigenvalue weighted by Gasteiger charge is 2.35. The number of carbonyl (C=O) groups is 1. The van der Waals surface area contributed by atoms with Gasteiger partial charge in [0.15, 0.2) is 0 Å². The first-order valence-electron chi connectivity index (χ1n) is 6.92. The molecule has 1 amide bonds. The zero-order valence-electron chi connectivity index (χ0n) is 11.8. The van der Waals surface area contributed by atoms with Crippen molar-refractivity contribution in [3.05, 3.63) is 0 Å². The van der Waals surface area contributed by atoms with Crippen LogP contribution >= 0.6 is 0 Å². The van der Waals surface area contributed by atoms with E-state index in [1.807, 2.05) is 25.8 Å². The van der Waals surface area contributed by atoms with Gasteiger partial charge in [0, 0.05) is 19.6 Å². The summed E-state index contributed by atoms with van der Waals surface area (Å²) in [6.07, 6.45) is 5.60. The van der Waals surface area contributed by atoms with E-state index in [1.165, 1.54) is 12.8 Å². The van der Waals surface area contributed by atoms with E-state index in [1.54, 1.807) is 0 Å². The Morgan fingerprint density at radius 2 is 1.88 bits per heavy atom. The van der Waals surface area contributed by atoms with E-state index < -0.39 is 0 Å². The monoisotopic (exact) mass is 240 g/mol. The minimum Gasteiger partial charge on any atom is -0.342 e. The Bertz CT molecular complexity index is 253. The Morgan fingerprint density at radius 3 is 2.29 bits per heavy atom. The molecule has 1 rings (SSSR count). The molecule has 1 unspecified atom stereocenters. The highest BCUT2D eigenvalue weighted by Crippen LogP contribution is 2.30. The van der Waals surface area contributed by atoms with Crippen LogP contribution in [0.2, 0.25) is 0 Å². The summed E-state index contributed by atoms with van der Waals surface area (Å²) in [4.78, 5) is 14.4. The molecule has 0 aromatic rings. The van der Waals surface area contributed by atoms with Crippen molar-refractivity contribution >= 4 is 5.91 Å². The largest absolute Gasteiger partial charge is 0.342 e. The van der Waals surface area contributed by atoms with Crippen LogP contribution in [-0.2, 0) is 4.79 Å². The average molecular weight is 240 g/mol. The molecule has 0 aromatic heterocycles. The van der Waals surface area contributed by atoms with Gasteiger partial charge in [-0.05, 0) is 44.9 Å². The van der Waals surface area contributed by atoms with Gasteiger partial charge in [0.05, 0.1) is 5.41 Å². The summed E-state index contributed by atoms with van der Waals surface area (Å²) >= 11 is 0. The van der Waals surface area contributed by atoms with Crippen LogP contribution in [0.1, 0.15) is 52.9 Å². The first-order valence-corrected chi connectivity index (χ1v) is 6.92. The van der Waals surface area contributed by atoms with Crippen LogP contribution in [0.4, 0.5) is 0 Å². The minimum atomic E-state index is -0.377. The lowest BCUT2D eigenvalue weighted by Gasteiger charge is -2.38. The van der Waals surface area contributed by atoms with Gasteiger partial charge in [0.2, 0.25) is 5.91 Å². The summed E-state index contributed by atoms with van der Waals surface area (Å²) in [5, 5.41) is 0. The molecule has 17 heavy (non-hydrogen) atoms.